The van der Waals surface area contributed by atoms with E-state index >= 15 is 0 Å². The summed E-state index contributed by atoms with van der Waals surface area (Å²) in [7, 11) is 2.02. The predicted molar refractivity (Wildman–Crippen MR) is 111 cm³/mol. The number of likely N-dealkylation sites (N-methyl/N-ethyl adjacent to an activating group) is 1. The number of alkyl halides is 3. The van der Waals surface area contributed by atoms with Gasteiger partial charge in [0.05, 0.1) is 17.7 Å². The highest BCUT2D eigenvalue weighted by atomic mass is 32.1. The molecule has 0 saturated heterocycles. The van der Waals surface area contributed by atoms with Gasteiger partial charge >= 0.3 is 6.18 Å². The van der Waals surface area contributed by atoms with E-state index in [9.17, 15) is 18.0 Å². The number of fused-ring (bicyclic) bond motifs is 1. The monoisotopic (exact) mass is 431 g/mol. The van der Waals surface area contributed by atoms with Crippen LogP contribution < -0.4 is 4.90 Å². The number of halogens is 3. The smallest absolute Gasteiger partial charge is 0.310 e. The van der Waals surface area contributed by atoms with E-state index in [-0.39, 0.29) is 12.3 Å². The zero-order valence-electron chi connectivity index (χ0n) is 16.3. The van der Waals surface area contributed by atoms with Crippen LogP contribution in [0.5, 0.6) is 0 Å². The molecule has 0 spiro atoms. The van der Waals surface area contributed by atoms with Crippen molar-refractivity contribution in [2.75, 3.05) is 25.0 Å². The lowest BCUT2D eigenvalue weighted by Crippen LogP contribution is -2.36. The van der Waals surface area contributed by atoms with Crippen LogP contribution >= 0.6 is 11.3 Å². The van der Waals surface area contributed by atoms with Gasteiger partial charge in [0.25, 0.3) is 0 Å². The average Bonchev–Trinajstić information content (AvgIpc) is 3.10. The Kier molecular flexibility index (Phi) is 5.62. The Labute approximate surface area is 176 Å². The number of hydrogen-bond acceptors (Lipinski definition) is 4. The highest BCUT2D eigenvalue weighted by molar-refractivity contribution is 7.13. The Morgan fingerprint density at radius 2 is 1.93 bits per heavy atom. The van der Waals surface area contributed by atoms with Crippen LogP contribution in [0, 0.1) is 0 Å². The number of aromatic nitrogens is 1. The summed E-state index contributed by atoms with van der Waals surface area (Å²) in [4.78, 5) is 21.4. The lowest BCUT2D eigenvalue weighted by atomic mass is 10.1. The number of hydrogen-bond donors (Lipinski definition) is 0. The molecule has 0 bridgehead atoms. The molecule has 0 atom stereocenters. The minimum Gasteiger partial charge on any atom is -0.310 e. The summed E-state index contributed by atoms with van der Waals surface area (Å²) in [5.74, 6) is -0.0707. The third-order valence-corrected chi connectivity index (χ3v) is 5.99. The van der Waals surface area contributed by atoms with Gasteiger partial charge in [0, 0.05) is 36.3 Å². The number of nitrogens with zero attached hydrogens (tertiary/aromatic N) is 3. The molecule has 30 heavy (non-hydrogen) atoms. The van der Waals surface area contributed by atoms with E-state index in [1.807, 2.05) is 31.3 Å². The summed E-state index contributed by atoms with van der Waals surface area (Å²) < 4.78 is 38.9. The van der Waals surface area contributed by atoms with Gasteiger partial charge in [0.15, 0.2) is 0 Å². The van der Waals surface area contributed by atoms with Gasteiger partial charge in [-0.15, -0.1) is 11.3 Å². The molecular weight excluding hydrogens is 411 g/mol. The molecule has 0 radical (unpaired) electrons. The third-order valence-electron chi connectivity index (χ3n) is 5.05. The van der Waals surface area contributed by atoms with Crippen molar-refractivity contribution >= 4 is 22.9 Å². The Morgan fingerprint density at radius 1 is 1.13 bits per heavy atom. The number of amides is 1. The van der Waals surface area contributed by atoms with Crippen molar-refractivity contribution in [2.45, 2.75) is 19.1 Å². The molecule has 156 valence electrons. The van der Waals surface area contributed by atoms with Gasteiger partial charge in [0.1, 0.15) is 5.01 Å². The quantitative estimate of drug-likeness (QED) is 0.595. The summed E-state index contributed by atoms with van der Waals surface area (Å²) in [5.41, 5.74) is 2.25. The summed E-state index contributed by atoms with van der Waals surface area (Å²) in [6, 6.07) is 12.9. The van der Waals surface area contributed by atoms with Crippen LogP contribution in [-0.4, -0.2) is 35.9 Å². The van der Waals surface area contributed by atoms with E-state index < -0.39 is 11.7 Å². The maximum atomic E-state index is 13.0. The van der Waals surface area contributed by atoms with Crippen molar-refractivity contribution in [2.24, 2.45) is 0 Å². The van der Waals surface area contributed by atoms with Crippen LogP contribution in [-0.2, 0) is 23.9 Å². The number of benzene rings is 2. The maximum absolute atomic E-state index is 13.0. The second-order valence-corrected chi connectivity index (χ2v) is 8.17. The largest absolute Gasteiger partial charge is 0.416 e. The normalized spacial score (nSPS) is 15.0. The first-order valence-electron chi connectivity index (χ1n) is 9.50. The van der Waals surface area contributed by atoms with Gasteiger partial charge in [-0.05, 0) is 30.8 Å². The maximum Gasteiger partial charge on any atom is 0.416 e. The lowest BCUT2D eigenvalue weighted by molar-refractivity contribution is -0.137. The summed E-state index contributed by atoms with van der Waals surface area (Å²) in [6.07, 6.45) is -4.30. The number of thiazole rings is 1. The summed E-state index contributed by atoms with van der Waals surface area (Å²) >= 11 is 1.24. The van der Waals surface area contributed by atoms with Crippen molar-refractivity contribution < 1.29 is 18.0 Å². The van der Waals surface area contributed by atoms with Gasteiger partial charge in [-0.2, -0.15) is 13.2 Å². The SMILES string of the molecule is CN1CCN(C(=O)Cc2csc(-c3cccc(C(F)(F)F)c3)n2)c2ccccc2C1. The third kappa shape index (κ3) is 4.39. The first-order chi connectivity index (χ1) is 14.3. The molecule has 2 heterocycles. The number of carbonyl (C=O) groups is 1. The van der Waals surface area contributed by atoms with Crippen LogP contribution in [0.1, 0.15) is 16.8 Å². The van der Waals surface area contributed by atoms with Crippen LogP contribution in [0.15, 0.2) is 53.9 Å². The molecule has 0 saturated carbocycles. The number of carbonyl (C=O) groups excluding carboxylic acids is 1. The van der Waals surface area contributed by atoms with Gasteiger partial charge in [-0.1, -0.05) is 30.3 Å². The standard InChI is InChI=1S/C22H20F3N3OS/c1-27-9-10-28(19-8-3-2-5-16(19)13-27)20(29)12-18-14-30-21(26-18)15-6-4-7-17(11-15)22(23,24)25/h2-8,11,14H,9-10,12-13H2,1H3. The molecule has 2 aromatic carbocycles. The van der Waals surface area contributed by atoms with Crippen LogP contribution in [0.4, 0.5) is 18.9 Å². The number of para-hydroxylation sites is 1. The van der Waals surface area contributed by atoms with Crippen molar-refractivity contribution in [1.29, 1.82) is 0 Å². The second kappa shape index (κ2) is 8.20. The molecule has 3 aromatic rings. The molecule has 0 N–H and O–H groups in total. The van der Waals surface area contributed by atoms with Crippen molar-refractivity contribution in [1.82, 2.24) is 9.88 Å². The van der Waals surface area contributed by atoms with E-state index in [2.05, 4.69) is 9.88 Å². The number of rotatable bonds is 3. The fraction of sp³-hybridized carbons (Fsp3) is 0.273. The topological polar surface area (TPSA) is 36.4 Å². The molecule has 4 nitrogen and oxygen atoms in total. The minimum atomic E-state index is -4.40. The van der Waals surface area contributed by atoms with Crippen LogP contribution in [0.25, 0.3) is 10.6 Å². The van der Waals surface area contributed by atoms with Crippen LogP contribution in [0.2, 0.25) is 0 Å². The fourth-order valence-corrected chi connectivity index (χ4v) is 4.34. The Morgan fingerprint density at radius 3 is 2.73 bits per heavy atom. The van der Waals surface area contributed by atoms with Gasteiger partial charge in [0.2, 0.25) is 5.91 Å². The Hall–Kier alpha value is -2.71. The molecule has 8 heteroatoms. The molecule has 4 rings (SSSR count). The van der Waals surface area contributed by atoms with E-state index in [1.165, 1.54) is 17.4 Å². The van der Waals surface area contributed by atoms with Crippen molar-refractivity contribution in [3.8, 4) is 10.6 Å². The van der Waals surface area contributed by atoms with Crippen molar-refractivity contribution in [3.05, 3.63) is 70.7 Å². The average molecular weight is 431 g/mol. The Balaban J connectivity index is 1.54. The van der Waals surface area contributed by atoms with Gasteiger partial charge < -0.3 is 9.80 Å². The van der Waals surface area contributed by atoms with Crippen LogP contribution in [0.3, 0.4) is 0 Å². The molecule has 0 unspecified atom stereocenters. The minimum absolute atomic E-state index is 0.0707. The Bertz CT molecular complexity index is 1060. The van der Waals surface area contributed by atoms with E-state index in [4.69, 9.17) is 0 Å². The van der Waals surface area contributed by atoms with Gasteiger partial charge in [-0.3, -0.25) is 4.79 Å². The van der Waals surface area contributed by atoms with Crippen molar-refractivity contribution in [3.63, 3.8) is 0 Å². The highest BCUT2D eigenvalue weighted by Crippen LogP contribution is 2.33. The molecule has 1 aliphatic heterocycles. The molecule has 0 aliphatic carbocycles. The highest BCUT2D eigenvalue weighted by Gasteiger charge is 2.30. The molecule has 1 aromatic heterocycles. The zero-order chi connectivity index (χ0) is 21.3. The molecular formula is C22H20F3N3OS. The second-order valence-electron chi connectivity index (χ2n) is 7.31. The predicted octanol–water partition coefficient (Wildman–Crippen LogP) is 4.85. The molecule has 1 amide bonds. The van der Waals surface area contributed by atoms with E-state index in [1.54, 1.807) is 16.3 Å². The number of anilines is 1. The zero-order valence-corrected chi connectivity index (χ0v) is 17.1. The summed E-state index contributed by atoms with van der Waals surface area (Å²) in [5, 5.41) is 2.21. The molecule has 0 fully saturated rings. The lowest BCUT2D eigenvalue weighted by Gasteiger charge is -2.22. The van der Waals surface area contributed by atoms with E-state index in [0.717, 1.165) is 36.5 Å². The van der Waals surface area contributed by atoms with E-state index in [0.29, 0.717) is 22.8 Å². The summed E-state index contributed by atoms with van der Waals surface area (Å²) in [6.45, 7) is 2.11. The molecule has 1 aliphatic rings. The fourth-order valence-electron chi connectivity index (χ4n) is 3.53. The first kappa shape index (κ1) is 20.6. The first-order valence-corrected chi connectivity index (χ1v) is 10.4. The van der Waals surface area contributed by atoms with Gasteiger partial charge in [-0.25, -0.2) is 4.98 Å².